The topological polar surface area (TPSA) is 67.8 Å². The summed E-state index contributed by atoms with van der Waals surface area (Å²) in [5.74, 6) is -0.152. The minimum Gasteiger partial charge on any atom is -0.422 e. The minimum absolute atomic E-state index is 0.111. The number of amides is 1. The van der Waals surface area contributed by atoms with Gasteiger partial charge in [-0.2, -0.15) is 5.10 Å². The first-order chi connectivity index (χ1) is 16.1. The Morgan fingerprint density at radius 2 is 1.64 bits per heavy atom. The van der Waals surface area contributed by atoms with Crippen molar-refractivity contribution in [3.63, 3.8) is 0 Å². The van der Waals surface area contributed by atoms with Gasteiger partial charge in [0.15, 0.2) is 0 Å². The molecule has 33 heavy (non-hydrogen) atoms. The predicted molar refractivity (Wildman–Crippen MR) is 134 cm³/mol. The largest absolute Gasteiger partial charge is 0.422 e. The van der Waals surface area contributed by atoms with Crippen LogP contribution in [0.5, 0.6) is 5.75 Å². The number of hydrogen-bond donors (Lipinski definition) is 1. The van der Waals surface area contributed by atoms with Crippen LogP contribution in [0.25, 0.3) is 10.8 Å². The predicted octanol–water partition coefficient (Wildman–Crippen LogP) is 6.57. The summed E-state index contributed by atoms with van der Waals surface area (Å²) in [7, 11) is 0. The van der Waals surface area contributed by atoms with Gasteiger partial charge in [-0.1, -0.05) is 87.1 Å². The van der Waals surface area contributed by atoms with Crippen LogP contribution in [0.15, 0.2) is 65.8 Å². The number of hydrazone groups is 1. The first-order valence-electron chi connectivity index (χ1n) is 11.7. The molecule has 0 aliphatic rings. The summed E-state index contributed by atoms with van der Waals surface area (Å²) < 4.78 is 5.71. The van der Waals surface area contributed by atoms with Crippen molar-refractivity contribution in [2.45, 2.75) is 58.8 Å². The van der Waals surface area contributed by atoms with Crippen LogP contribution in [-0.2, 0) is 4.79 Å². The van der Waals surface area contributed by atoms with E-state index in [1.165, 1.54) is 19.3 Å². The monoisotopic (exact) mass is 444 g/mol. The summed E-state index contributed by atoms with van der Waals surface area (Å²) in [4.78, 5) is 24.8. The number of unbranched alkanes of at least 4 members (excludes halogenated alkanes) is 5. The van der Waals surface area contributed by atoms with E-state index in [4.69, 9.17) is 4.74 Å². The third kappa shape index (κ3) is 7.28. The standard InChI is InChI=1S/C28H32N2O3/c1-3-4-5-6-7-8-13-27(31)30-29-20-25-24-12-10-9-11-22(24)18-19-26(25)33-28(32)23-16-14-21(2)15-17-23/h9-12,14-20H,3-8,13H2,1-2H3,(H,30,31). The quantitative estimate of drug-likeness (QED) is 0.120. The number of nitrogens with zero attached hydrogens (tertiary/aromatic N) is 1. The van der Waals surface area contributed by atoms with Crippen LogP contribution in [0.2, 0.25) is 0 Å². The molecule has 1 amide bonds. The molecule has 0 bridgehead atoms. The summed E-state index contributed by atoms with van der Waals surface area (Å²) in [6, 6.07) is 18.7. The molecular formula is C28H32N2O3. The number of esters is 1. The van der Waals surface area contributed by atoms with Crippen molar-refractivity contribution in [2.24, 2.45) is 5.10 Å². The molecule has 0 aliphatic carbocycles. The molecule has 1 N–H and O–H groups in total. The van der Waals surface area contributed by atoms with Gasteiger partial charge in [0.05, 0.1) is 11.8 Å². The first-order valence-corrected chi connectivity index (χ1v) is 11.7. The van der Waals surface area contributed by atoms with Gasteiger partial charge < -0.3 is 4.74 Å². The zero-order valence-corrected chi connectivity index (χ0v) is 19.5. The molecule has 5 nitrogen and oxygen atoms in total. The van der Waals surface area contributed by atoms with Crippen LogP contribution < -0.4 is 10.2 Å². The second-order valence-electron chi connectivity index (χ2n) is 8.27. The summed E-state index contributed by atoms with van der Waals surface area (Å²) in [6.45, 7) is 4.16. The first kappa shape index (κ1) is 24.2. The maximum Gasteiger partial charge on any atom is 0.343 e. The van der Waals surface area contributed by atoms with Crippen LogP contribution in [0.1, 0.15) is 73.4 Å². The summed E-state index contributed by atoms with van der Waals surface area (Å²) in [6.07, 6.45) is 8.77. The second-order valence-corrected chi connectivity index (χ2v) is 8.27. The lowest BCUT2D eigenvalue weighted by Crippen LogP contribution is -2.17. The molecule has 0 spiro atoms. The van der Waals surface area contributed by atoms with Crippen LogP contribution in [0.4, 0.5) is 0 Å². The number of rotatable bonds is 11. The highest BCUT2D eigenvalue weighted by atomic mass is 16.5. The molecule has 3 rings (SSSR count). The van der Waals surface area contributed by atoms with Gasteiger partial charge in [-0.25, -0.2) is 10.2 Å². The SMILES string of the molecule is CCCCCCCCC(=O)NN=Cc1c(OC(=O)c2ccc(C)cc2)ccc2ccccc12. The molecular weight excluding hydrogens is 412 g/mol. The average Bonchev–Trinajstić information content (AvgIpc) is 2.82. The molecule has 172 valence electrons. The number of ether oxygens (including phenoxy) is 1. The van der Waals surface area contributed by atoms with Gasteiger partial charge in [0, 0.05) is 12.0 Å². The highest BCUT2D eigenvalue weighted by molar-refractivity contribution is 6.04. The number of nitrogens with one attached hydrogen (secondary N) is 1. The van der Waals surface area contributed by atoms with E-state index in [1.54, 1.807) is 24.4 Å². The lowest BCUT2D eigenvalue weighted by molar-refractivity contribution is -0.121. The van der Waals surface area contributed by atoms with Crippen molar-refractivity contribution in [1.82, 2.24) is 5.43 Å². The van der Waals surface area contributed by atoms with Gasteiger partial charge in [-0.15, -0.1) is 0 Å². The van der Waals surface area contributed by atoms with Crippen LogP contribution in [0, 0.1) is 6.92 Å². The fourth-order valence-electron chi connectivity index (χ4n) is 3.64. The van der Waals surface area contributed by atoms with E-state index in [0.29, 0.717) is 23.3 Å². The molecule has 5 heteroatoms. The van der Waals surface area contributed by atoms with Crippen LogP contribution in [0.3, 0.4) is 0 Å². The van der Waals surface area contributed by atoms with Gasteiger partial charge in [0.1, 0.15) is 5.75 Å². The van der Waals surface area contributed by atoms with Crippen molar-refractivity contribution in [3.05, 3.63) is 77.4 Å². The van der Waals surface area contributed by atoms with Gasteiger partial charge in [0.2, 0.25) is 5.91 Å². The fraction of sp³-hybridized carbons (Fsp3) is 0.321. The number of aryl methyl sites for hydroxylation is 1. The average molecular weight is 445 g/mol. The lowest BCUT2D eigenvalue weighted by Gasteiger charge is -2.11. The smallest absolute Gasteiger partial charge is 0.343 e. The van der Waals surface area contributed by atoms with Crippen molar-refractivity contribution in [3.8, 4) is 5.75 Å². The normalized spacial score (nSPS) is 11.1. The zero-order valence-electron chi connectivity index (χ0n) is 19.5. The maximum atomic E-state index is 12.7. The molecule has 0 aliphatic heterocycles. The molecule has 0 saturated heterocycles. The Hall–Kier alpha value is -3.47. The van der Waals surface area contributed by atoms with E-state index >= 15 is 0 Å². The molecule has 0 saturated carbocycles. The molecule has 0 heterocycles. The fourth-order valence-corrected chi connectivity index (χ4v) is 3.64. The molecule has 0 unspecified atom stereocenters. The summed E-state index contributed by atoms with van der Waals surface area (Å²) in [5, 5.41) is 6.04. The third-order valence-electron chi connectivity index (χ3n) is 5.56. The highest BCUT2D eigenvalue weighted by Gasteiger charge is 2.13. The zero-order chi connectivity index (χ0) is 23.5. The number of hydrogen-bond acceptors (Lipinski definition) is 4. The number of carbonyl (C=O) groups is 2. The Bertz CT molecular complexity index is 1100. The molecule has 3 aromatic rings. The van der Waals surface area contributed by atoms with Crippen LogP contribution in [-0.4, -0.2) is 18.1 Å². The van der Waals surface area contributed by atoms with Gasteiger partial charge in [-0.05, 0) is 42.3 Å². The second kappa shape index (κ2) is 12.5. The van der Waals surface area contributed by atoms with Crippen molar-refractivity contribution < 1.29 is 14.3 Å². The van der Waals surface area contributed by atoms with E-state index in [0.717, 1.165) is 35.6 Å². The van der Waals surface area contributed by atoms with Gasteiger partial charge in [0.25, 0.3) is 0 Å². The minimum atomic E-state index is -0.438. The van der Waals surface area contributed by atoms with Gasteiger partial charge >= 0.3 is 5.97 Å². The van der Waals surface area contributed by atoms with E-state index < -0.39 is 5.97 Å². The molecule has 0 atom stereocenters. The Labute approximate surface area is 195 Å². The van der Waals surface area contributed by atoms with Gasteiger partial charge in [-0.3, -0.25) is 4.79 Å². The molecule has 0 fully saturated rings. The van der Waals surface area contributed by atoms with E-state index in [1.807, 2.05) is 49.4 Å². The molecule has 0 radical (unpaired) electrons. The van der Waals surface area contributed by atoms with E-state index in [2.05, 4.69) is 17.5 Å². The number of carbonyl (C=O) groups excluding carboxylic acids is 2. The van der Waals surface area contributed by atoms with Crippen molar-refractivity contribution in [1.29, 1.82) is 0 Å². The Kier molecular flexibility index (Phi) is 9.19. The number of fused-ring (bicyclic) bond motifs is 1. The third-order valence-corrected chi connectivity index (χ3v) is 5.56. The Balaban J connectivity index is 1.69. The molecule has 0 aromatic heterocycles. The molecule has 3 aromatic carbocycles. The van der Waals surface area contributed by atoms with Crippen molar-refractivity contribution >= 4 is 28.9 Å². The highest BCUT2D eigenvalue weighted by Crippen LogP contribution is 2.27. The Morgan fingerprint density at radius 1 is 0.909 bits per heavy atom. The summed E-state index contributed by atoms with van der Waals surface area (Å²) in [5.41, 5.74) is 4.80. The van der Waals surface area contributed by atoms with Crippen LogP contribution >= 0.6 is 0 Å². The Morgan fingerprint density at radius 3 is 2.42 bits per heavy atom. The van der Waals surface area contributed by atoms with Crippen molar-refractivity contribution in [2.75, 3.05) is 0 Å². The maximum absolute atomic E-state index is 12.7. The van der Waals surface area contributed by atoms with E-state index in [-0.39, 0.29) is 5.91 Å². The summed E-state index contributed by atoms with van der Waals surface area (Å²) >= 11 is 0. The van der Waals surface area contributed by atoms with E-state index in [9.17, 15) is 9.59 Å². The number of benzene rings is 3. The lowest BCUT2D eigenvalue weighted by atomic mass is 10.0.